The lowest BCUT2D eigenvalue weighted by Crippen LogP contribution is -2.26. The Kier molecular flexibility index (Phi) is 4.63. The molecule has 1 saturated heterocycles. The molecule has 1 aliphatic rings. The highest BCUT2D eigenvalue weighted by atomic mass is 16.5. The van der Waals surface area contributed by atoms with Crippen LogP contribution in [0.1, 0.15) is 30.1 Å². The van der Waals surface area contributed by atoms with Crippen LogP contribution in [0.2, 0.25) is 0 Å². The summed E-state index contributed by atoms with van der Waals surface area (Å²) in [5.74, 6) is 0.122. The van der Waals surface area contributed by atoms with Gasteiger partial charge in [-0.2, -0.15) is 0 Å². The van der Waals surface area contributed by atoms with Gasteiger partial charge in [-0.25, -0.2) is 4.79 Å². The van der Waals surface area contributed by atoms with Crippen LogP contribution in [-0.4, -0.2) is 31.9 Å². The second-order valence-corrected chi connectivity index (χ2v) is 4.41. The zero-order valence-electron chi connectivity index (χ0n) is 11.1. The van der Waals surface area contributed by atoms with E-state index in [4.69, 9.17) is 19.9 Å². The quantitative estimate of drug-likeness (QED) is 0.666. The van der Waals surface area contributed by atoms with E-state index in [0.29, 0.717) is 36.8 Å². The Morgan fingerprint density at radius 3 is 2.84 bits per heavy atom. The summed E-state index contributed by atoms with van der Waals surface area (Å²) in [6, 6.07) is 5.03. The Morgan fingerprint density at radius 2 is 2.16 bits per heavy atom. The number of nitrogens with two attached hydrogens (primary N) is 1. The van der Waals surface area contributed by atoms with Crippen molar-refractivity contribution in [3.63, 3.8) is 0 Å². The summed E-state index contributed by atoms with van der Waals surface area (Å²) in [5.41, 5.74) is 6.61. The minimum atomic E-state index is -0.406. The molecule has 0 bridgehead atoms. The smallest absolute Gasteiger partial charge is 0.341 e. The number of esters is 1. The van der Waals surface area contributed by atoms with Crippen molar-refractivity contribution in [2.24, 2.45) is 0 Å². The topological polar surface area (TPSA) is 70.8 Å². The van der Waals surface area contributed by atoms with Gasteiger partial charge in [-0.15, -0.1) is 0 Å². The van der Waals surface area contributed by atoms with Crippen molar-refractivity contribution in [2.75, 3.05) is 25.6 Å². The van der Waals surface area contributed by atoms with E-state index < -0.39 is 5.97 Å². The van der Waals surface area contributed by atoms with Gasteiger partial charge in [0.15, 0.2) is 0 Å². The summed E-state index contributed by atoms with van der Waals surface area (Å²) in [4.78, 5) is 11.9. The Hall–Kier alpha value is -1.75. The summed E-state index contributed by atoms with van der Waals surface area (Å²) in [5, 5.41) is 0. The Labute approximate surface area is 112 Å². The lowest BCUT2D eigenvalue weighted by atomic mass is 10.1. The van der Waals surface area contributed by atoms with E-state index in [9.17, 15) is 4.79 Å². The van der Waals surface area contributed by atoms with Gasteiger partial charge in [0.05, 0.1) is 19.8 Å². The monoisotopic (exact) mass is 265 g/mol. The molecule has 0 atom stereocenters. The molecule has 1 aromatic carbocycles. The van der Waals surface area contributed by atoms with Gasteiger partial charge in [0.25, 0.3) is 0 Å². The summed E-state index contributed by atoms with van der Waals surface area (Å²) < 4.78 is 16.2. The highest BCUT2D eigenvalue weighted by Gasteiger charge is 2.20. The number of rotatable bonds is 4. The Bertz CT molecular complexity index is 441. The Morgan fingerprint density at radius 1 is 1.42 bits per heavy atom. The summed E-state index contributed by atoms with van der Waals surface area (Å²) in [6.07, 6.45) is 1.73. The molecule has 19 heavy (non-hydrogen) atoms. The molecular formula is C14H19NO4. The molecule has 0 radical (unpaired) electrons. The van der Waals surface area contributed by atoms with E-state index in [1.807, 2.05) is 0 Å². The fourth-order valence-corrected chi connectivity index (χ4v) is 1.99. The highest BCUT2D eigenvalue weighted by Crippen LogP contribution is 2.25. The molecule has 5 nitrogen and oxygen atoms in total. The van der Waals surface area contributed by atoms with Gasteiger partial charge in [-0.1, -0.05) is 0 Å². The van der Waals surface area contributed by atoms with E-state index in [-0.39, 0.29) is 6.10 Å². The first kappa shape index (κ1) is 13.7. The summed E-state index contributed by atoms with van der Waals surface area (Å²) in [6.45, 7) is 3.47. The molecule has 2 N–H and O–H groups in total. The van der Waals surface area contributed by atoms with Crippen LogP contribution in [0.15, 0.2) is 18.2 Å². The molecule has 0 aliphatic carbocycles. The van der Waals surface area contributed by atoms with Crippen LogP contribution in [0.25, 0.3) is 0 Å². The minimum Gasteiger partial charge on any atom is -0.489 e. The second kappa shape index (κ2) is 6.43. The van der Waals surface area contributed by atoms with Gasteiger partial charge < -0.3 is 19.9 Å². The molecular weight excluding hydrogens is 246 g/mol. The number of hydrogen-bond acceptors (Lipinski definition) is 5. The molecule has 1 aliphatic heterocycles. The van der Waals surface area contributed by atoms with Gasteiger partial charge in [0.2, 0.25) is 0 Å². The molecule has 104 valence electrons. The fourth-order valence-electron chi connectivity index (χ4n) is 1.99. The van der Waals surface area contributed by atoms with Crippen LogP contribution in [-0.2, 0) is 9.47 Å². The average Bonchev–Trinajstić information content (AvgIpc) is 2.42. The van der Waals surface area contributed by atoms with Crippen molar-refractivity contribution < 1.29 is 19.0 Å². The maximum Gasteiger partial charge on any atom is 0.341 e. The van der Waals surface area contributed by atoms with Gasteiger partial charge in [0.1, 0.15) is 17.4 Å². The largest absolute Gasteiger partial charge is 0.489 e. The first-order valence-corrected chi connectivity index (χ1v) is 6.51. The van der Waals surface area contributed by atoms with Crippen LogP contribution < -0.4 is 10.5 Å². The number of ether oxygens (including phenoxy) is 3. The van der Waals surface area contributed by atoms with Crippen molar-refractivity contribution >= 4 is 11.7 Å². The predicted molar refractivity (Wildman–Crippen MR) is 71.3 cm³/mol. The van der Waals surface area contributed by atoms with Gasteiger partial charge >= 0.3 is 5.97 Å². The SMILES string of the molecule is CCOC(=O)c1cc(N)ccc1OC1CCOCC1. The van der Waals surface area contributed by atoms with Gasteiger partial charge in [-0.05, 0) is 25.1 Å². The average molecular weight is 265 g/mol. The molecule has 1 heterocycles. The third-order valence-corrected chi connectivity index (χ3v) is 2.96. The number of carbonyl (C=O) groups is 1. The number of benzene rings is 1. The first-order valence-electron chi connectivity index (χ1n) is 6.51. The zero-order chi connectivity index (χ0) is 13.7. The third-order valence-electron chi connectivity index (χ3n) is 2.96. The molecule has 0 aromatic heterocycles. The minimum absolute atomic E-state index is 0.0746. The summed E-state index contributed by atoms with van der Waals surface area (Å²) in [7, 11) is 0. The van der Waals surface area contributed by atoms with Crippen molar-refractivity contribution in [2.45, 2.75) is 25.9 Å². The van der Waals surface area contributed by atoms with Crippen LogP contribution in [0, 0.1) is 0 Å². The highest BCUT2D eigenvalue weighted by molar-refractivity contribution is 5.93. The number of carbonyl (C=O) groups excluding carboxylic acids is 1. The third kappa shape index (κ3) is 3.61. The normalized spacial score (nSPS) is 16.1. The fraction of sp³-hybridized carbons (Fsp3) is 0.500. The van der Waals surface area contributed by atoms with Crippen molar-refractivity contribution in [1.82, 2.24) is 0 Å². The van der Waals surface area contributed by atoms with Crippen molar-refractivity contribution in [1.29, 1.82) is 0 Å². The second-order valence-electron chi connectivity index (χ2n) is 4.41. The van der Waals surface area contributed by atoms with E-state index in [2.05, 4.69) is 0 Å². The lowest BCUT2D eigenvalue weighted by Gasteiger charge is -2.24. The number of hydrogen-bond donors (Lipinski definition) is 1. The molecule has 0 unspecified atom stereocenters. The molecule has 0 spiro atoms. The van der Waals surface area contributed by atoms with E-state index in [1.165, 1.54) is 0 Å². The molecule has 0 saturated carbocycles. The van der Waals surface area contributed by atoms with E-state index >= 15 is 0 Å². The molecule has 2 rings (SSSR count). The van der Waals surface area contributed by atoms with Crippen LogP contribution >= 0.6 is 0 Å². The van der Waals surface area contributed by atoms with E-state index in [0.717, 1.165) is 12.8 Å². The lowest BCUT2D eigenvalue weighted by molar-refractivity contribution is 0.0243. The molecule has 1 aromatic rings. The molecule has 0 amide bonds. The maximum atomic E-state index is 11.9. The summed E-state index contributed by atoms with van der Waals surface area (Å²) >= 11 is 0. The van der Waals surface area contributed by atoms with Crippen LogP contribution in [0.4, 0.5) is 5.69 Å². The molecule has 1 fully saturated rings. The zero-order valence-corrected chi connectivity index (χ0v) is 11.1. The van der Waals surface area contributed by atoms with Crippen molar-refractivity contribution in [3.05, 3.63) is 23.8 Å². The predicted octanol–water partition coefficient (Wildman–Crippen LogP) is 2.00. The number of nitrogen functional groups attached to an aromatic ring is 1. The van der Waals surface area contributed by atoms with Gasteiger partial charge in [0, 0.05) is 18.5 Å². The van der Waals surface area contributed by atoms with Gasteiger partial charge in [-0.3, -0.25) is 0 Å². The Balaban J connectivity index is 2.15. The van der Waals surface area contributed by atoms with Crippen LogP contribution in [0.3, 0.4) is 0 Å². The van der Waals surface area contributed by atoms with Crippen LogP contribution in [0.5, 0.6) is 5.75 Å². The standard InChI is InChI=1S/C14H19NO4/c1-2-18-14(16)12-9-10(15)3-4-13(12)19-11-5-7-17-8-6-11/h3-4,9,11H,2,5-8,15H2,1H3. The number of anilines is 1. The first-order chi connectivity index (χ1) is 9.20. The van der Waals surface area contributed by atoms with Crippen molar-refractivity contribution in [3.8, 4) is 5.75 Å². The molecule has 5 heteroatoms. The maximum absolute atomic E-state index is 11.9. The van der Waals surface area contributed by atoms with E-state index in [1.54, 1.807) is 25.1 Å².